The summed E-state index contributed by atoms with van der Waals surface area (Å²) in [6.07, 6.45) is 0.425. The minimum atomic E-state index is -0.278. The van der Waals surface area contributed by atoms with Crippen LogP contribution in [0.15, 0.2) is 6.07 Å². The van der Waals surface area contributed by atoms with Gasteiger partial charge in [0.15, 0.2) is 0 Å². The maximum Gasteiger partial charge on any atom is 0.223 e. The molecule has 1 heterocycles. The van der Waals surface area contributed by atoms with Crippen molar-refractivity contribution in [2.24, 2.45) is 5.41 Å². The maximum atomic E-state index is 9.61. The molecule has 0 saturated heterocycles. The second-order valence-electron chi connectivity index (χ2n) is 4.70. The van der Waals surface area contributed by atoms with Crippen LogP contribution >= 0.6 is 11.6 Å². The monoisotopic (exact) mass is 242 g/mol. The molecule has 6 heteroatoms. The van der Waals surface area contributed by atoms with Crippen molar-refractivity contribution in [2.75, 3.05) is 11.1 Å². The van der Waals surface area contributed by atoms with Crippen LogP contribution < -0.4 is 11.1 Å². The Morgan fingerprint density at radius 1 is 1.56 bits per heavy atom. The molecule has 5 nitrogen and oxygen atoms in total. The summed E-state index contributed by atoms with van der Waals surface area (Å²) in [5, 5.41) is 13.1. The third-order valence-corrected chi connectivity index (χ3v) is 3.44. The van der Waals surface area contributed by atoms with Crippen LogP contribution in [0.25, 0.3) is 0 Å². The Labute approximate surface area is 99.0 Å². The highest BCUT2D eigenvalue weighted by molar-refractivity contribution is 6.29. The molecule has 0 amide bonds. The van der Waals surface area contributed by atoms with Crippen molar-refractivity contribution in [3.05, 3.63) is 11.2 Å². The van der Waals surface area contributed by atoms with E-state index < -0.39 is 0 Å². The molecule has 1 saturated carbocycles. The minimum absolute atomic E-state index is 0.146. The van der Waals surface area contributed by atoms with Crippen molar-refractivity contribution in [3.63, 3.8) is 0 Å². The van der Waals surface area contributed by atoms with Crippen LogP contribution in [-0.2, 0) is 0 Å². The fourth-order valence-corrected chi connectivity index (χ4v) is 2.03. The smallest absolute Gasteiger partial charge is 0.223 e. The second kappa shape index (κ2) is 3.75. The van der Waals surface area contributed by atoms with E-state index in [9.17, 15) is 5.11 Å². The Bertz CT molecular complexity index is 390. The first-order valence-corrected chi connectivity index (χ1v) is 5.52. The average Bonchev–Trinajstić information content (AvgIpc) is 2.15. The lowest BCUT2D eigenvalue weighted by atomic mass is 9.64. The molecule has 1 fully saturated rings. The van der Waals surface area contributed by atoms with Gasteiger partial charge in [-0.25, -0.2) is 4.98 Å². The van der Waals surface area contributed by atoms with E-state index in [1.54, 1.807) is 6.07 Å². The fraction of sp³-hybridized carbons (Fsp3) is 0.600. The predicted molar refractivity (Wildman–Crippen MR) is 63.3 cm³/mol. The van der Waals surface area contributed by atoms with Gasteiger partial charge in [0.25, 0.3) is 0 Å². The number of aliphatic hydroxyl groups is 1. The van der Waals surface area contributed by atoms with E-state index in [4.69, 9.17) is 17.3 Å². The summed E-state index contributed by atoms with van der Waals surface area (Å²) in [6, 6.07) is 1.80. The summed E-state index contributed by atoms with van der Waals surface area (Å²) in [6.45, 7) is 4.01. The first-order chi connectivity index (χ1) is 7.39. The second-order valence-corrected chi connectivity index (χ2v) is 5.09. The summed E-state index contributed by atoms with van der Waals surface area (Å²) >= 11 is 5.77. The third-order valence-electron chi connectivity index (χ3n) is 3.25. The molecule has 2 rings (SSSR count). The number of nitrogens with zero attached hydrogens (tertiary/aromatic N) is 2. The molecular weight excluding hydrogens is 228 g/mol. The van der Waals surface area contributed by atoms with Crippen LogP contribution in [0.3, 0.4) is 0 Å². The van der Waals surface area contributed by atoms with E-state index in [1.807, 2.05) is 13.8 Å². The molecule has 1 aromatic rings. The topological polar surface area (TPSA) is 84.1 Å². The number of rotatable bonds is 2. The van der Waals surface area contributed by atoms with Crippen molar-refractivity contribution in [1.82, 2.24) is 9.97 Å². The van der Waals surface area contributed by atoms with Gasteiger partial charge < -0.3 is 16.2 Å². The number of hydrogen-bond acceptors (Lipinski definition) is 5. The number of aromatic nitrogens is 2. The zero-order valence-corrected chi connectivity index (χ0v) is 9.99. The molecule has 1 aliphatic carbocycles. The molecule has 1 aromatic heterocycles. The fourth-order valence-electron chi connectivity index (χ4n) is 1.84. The number of anilines is 2. The van der Waals surface area contributed by atoms with Crippen LogP contribution in [0, 0.1) is 5.41 Å². The van der Waals surface area contributed by atoms with Crippen molar-refractivity contribution in [1.29, 1.82) is 0 Å². The molecule has 0 radical (unpaired) electrons. The van der Waals surface area contributed by atoms with Crippen LogP contribution in [0.1, 0.15) is 20.3 Å². The van der Waals surface area contributed by atoms with E-state index in [2.05, 4.69) is 15.3 Å². The molecule has 2 unspecified atom stereocenters. The molecule has 1 aliphatic rings. The summed E-state index contributed by atoms with van der Waals surface area (Å²) in [5.74, 6) is 0.746. The van der Waals surface area contributed by atoms with E-state index in [0.29, 0.717) is 17.4 Å². The first kappa shape index (κ1) is 11.4. The van der Waals surface area contributed by atoms with E-state index in [0.717, 1.165) is 0 Å². The van der Waals surface area contributed by atoms with Gasteiger partial charge >= 0.3 is 0 Å². The zero-order chi connectivity index (χ0) is 11.9. The molecule has 0 aliphatic heterocycles. The lowest BCUT2D eigenvalue weighted by Gasteiger charge is -2.49. The van der Waals surface area contributed by atoms with Gasteiger partial charge in [0, 0.05) is 17.5 Å². The van der Waals surface area contributed by atoms with E-state index in [1.165, 1.54) is 0 Å². The lowest BCUT2D eigenvalue weighted by Crippen LogP contribution is -2.57. The van der Waals surface area contributed by atoms with Crippen molar-refractivity contribution < 1.29 is 5.11 Å². The minimum Gasteiger partial charge on any atom is -0.392 e. The molecule has 88 valence electrons. The quantitative estimate of drug-likeness (QED) is 0.681. The Morgan fingerprint density at radius 3 is 2.75 bits per heavy atom. The first-order valence-electron chi connectivity index (χ1n) is 5.14. The molecular formula is C10H15ClN4O. The Hall–Kier alpha value is -1.07. The molecule has 0 aromatic carbocycles. The van der Waals surface area contributed by atoms with Gasteiger partial charge in [0.05, 0.1) is 6.10 Å². The summed E-state index contributed by atoms with van der Waals surface area (Å²) in [5.41, 5.74) is 5.33. The molecule has 4 N–H and O–H groups in total. The highest BCUT2D eigenvalue weighted by Crippen LogP contribution is 2.42. The highest BCUT2D eigenvalue weighted by atomic mass is 35.5. The van der Waals surface area contributed by atoms with Crippen molar-refractivity contribution in [2.45, 2.75) is 32.4 Å². The Kier molecular flexibility index (Phi) is 2.67. The van der Waals surface area contributed by atoms with Crippen LogP contribution in [0.2, 0.25) is 5.15 Å². The molecule has 0 bridgehead atoms. The van der Waals surface area contributed by atoms with Crippen LogP contribution in [-0.4, -0.2) is 27.2 Å². The van der Waals surface area contributed by atoms with Gasteiger partial charge in [-0.3, -0.25) is 0 Å². The summed E-state index contributed by atoms with van der Waals surface area (Å²) in [7, 11) is 0. The molecule has 16 heavy (non-hydrogen) atoms. The number of nitrogens with one attached hydrogen (secondary N) is 1. The lowest BCUT2D eigenvalue weighted by molar-refractivity contribution is -0.0511. The predicted octanol–water partition coefficient (Wildman–Crippen LogP) is 1.28. The number of nitrogen functional groups attached to an aromatic ring is 1. The molecule has 2 atom stereocenters. The number of nitrogens with two attached hydrogens (primary N) is 1. The SMILES string of the molecule is CC1(C)C(O)CC1Nc1cc(Cl)nc(N)n1. The average molecular weight is 243 g/mol. The summed E-state index contributed by atoms with van der Waals surface area (Å²) < 4.78 is 0. The van der Waals surface area contributed by atoms with Gasteiger partial charge in [0.1, 0.15) is 11.0 Å². The van der Waals surface area contributed by atoms with Gasteiger partial charge in [0.2, 0.25) is 5.95 Å². The van der Waals surface area contributed by atoms with Gasteiger partial charge in [-0.05, 0) is 6.42 Å². The Morgan fingerprint density at radius 2 is 2.25 bits per heavy atom. The van der Waals surface area contributed by atoms with E-state index >= 15 is 0 Å². The standard InChI is InChI=1S/C10H15ClN4O/c1-10(2)5(3-6(10)16)13-8-4-7(11)14-9(12)15-8/h4-6,16H,3H2,1-2H3,(H3,12,13,14,15). The van der Waals surface area contributed by atoms with Crippen LogP contribution in [0.4, 0.5) is 11.8 Å². The maximum absolute atomic E-state index is 9.61. The third kappa shape index (κ3) is 1.92. The van der Waals surface area contributed by atoms with Gasteiger partial charge in [-0.15, -0.1) is 0 Å². The normalized spacial score (nSPS) is 27.2. The number of hydrogen-bond donors (Lipinski definition) is 3. The van der Waals surface area contributed by atoms with Crippen LogP contribution in [0.5, 0.6) is 0 Å². The van der Waals surface area contributed by atoms with Crippen molar-refractivity contribution >= 4 is 23.4 Å². The largest absolute Gasteiger partial charge is 0.392 e. The number of halogens is 1. The zero-order valence-electron chi connectivity index (χ0n) is 9.24. The summed E-state index contributed by atoms with van der Waals surface area (Å²) in [4.78, 5) is 7.82. The molecule has 0 spiro atoms. The highest BCUT2D eigenvalue weighted by Gasteiger charge is 2.47. The number of aliphatic hydroxyl groups excluding tert-OH is 1. The van der Waals surface area contributed by atoms with Crippen molar-refractivity contribution in [3.8, 4) is 0 Å². The van der Waals surface area contributed by atoms with Gasteiger partial charge in [-0.2, -0.15) is 4.98 Å². The Balaban J connectivity index is 2.11. The van der Waals surface area contributed by atoms with E-state index in [-0.39, 0.29) is 23.5 Å². The van der Waals surface area contributed by atoms with Gasteiger partial charge in [-0.1, -0.05) is 25.4 Å².